The van der Waals surface area contributed by atoms with Gasteiger partial charge in [-0.25, -0.2) is 0 Å². The number of hydrogen-bond donors (Lipinski definition) is 2. The van der Waals surface area contributed by atoms with Crippen LogP contribution < -0.4 is 10.6 Å². The lowest BCUT2D eigenvalue weighted by Gasteiger charge is -2.23. The minimum Gasteiger partial charge on any atom is -0.381 e. The van der Waals surface area contributed by atoms with Crippen molar-refractivity contribution < 1.29 is 9.53 Å². The smallest absolute Gasteiger partial charge is 0.240 e. The largest absolute Gasteiger partial charge is 0.381 e. The number of rotatable bonds is 7. The lowest BCUT2D eigenvalue weighted by atomic mass is 10.1. The van der Waals surface area contributed by atoms with E-state index in [-0.39, 0.29) is 11.9 Å². The summed E-state index contributed by atoms with van der Waals surface area (Å²) in [6.45, 7) is 4.07. The number of aromatic nitrogens is 1. The molecule has 1 aromatic heterocycles. The summed E-state index contributed by atoms with van der Waals surface area (Å²) in [5.74, 6) is 0.0838. The lowest BCUT2D eigenvalue weighted by Crippen LogP contribution is -2.40. The number of nitrogens with one attached hydrogen (secondary N) is 2. The number of nitrogens with zero attached hydrogens (tertiary/aromatic N) is 1. The van der Waals surface area contributed by atoms with E-state index < -0.39 is 0 Å². The van der Waals surface area contributed by atoms with Gasteiger partial charge in [-0.1, -0.05) is 13.3 Å². The molecule has 1 aliphatic rings. The van der Waals surface area contributed by atoms with Gasteiger partial charge in [-0.15, -0.1) is 0 Å². The van der Waals surface area contributed by atoms with Gasteiger partial charge in [0.2, 0.25) is 5.91 Å². The highest BCUT2D eigenvalue weighted by molar-refractivity contribution is 5.76. The Labute approximate surface area is 127 Å². The summed E-state index contributed by atoms with van der Waals surface area (Å²) >= 11 is 0. The molecule has 0 bridgehead atoms. The fraction of sp³-hybridized carbons (Fsp3) is 0.688. The van der Waals surface area contributed by atoms with Crippen molar-refractivity contribution in [3.8, 4) is 0 Å². The van der Waals surface area contributed by atoms with Gasteiger partial charge in [0.15, 0.2) is 0 Å². The fourth-order valence-electron chi connectivity index (χ4n) is 2.81. The molecular weight excluding hydrogens is 266 g/mol. The van der Waals surface area contributed by atoms with Gasteiger partial charge in [-0.3, -0.25) is 4.79 Å². The van der Waals surface area contributed by atoms with Crippen LogP contribution in [0.5, 0.6) is 0 Å². The van der Waals surface area contributed by atoms with Gasteiger partial charge in [0.1, 0.15) is 6.54 Å². The Morgan fingerprint density at radius 3 is 2.90 bits per heavy atom. The molecule has 1 saturated heterocycles. The molecule has 5 nitrogen and oxygen atoms in total. The molecule has 1 amide bonds. The van der Waals surface area contributed by atoms with Crippen LogP contribution in [0.3, 0.4) is 0 Å². The standard InChI is InChI=1S/C16H27N3O2/c1-3-4-15(17-2)13-5-8-19(11-13)12-16(20)18-14-6-9-21-10-7-14/h5,8,11,14-15,17H,3-4,6-7,9-10,12H2,1-2H3,(H,18,20). The monoisotopic (exact) mass is 293 g/mol. The molecule has 0 saturated carbocycles. The maximum atomic E-state index is 12.1. The Balaban J connectivity index is 1.84. The van der Waals surface area contributed by atoms with Gasteiger partial charge in [0, 0.05) is 37.7 Å². The second-order valence-electron chi connectivity index (χ2n) is 5.70. The van der Waals surface area contributed by atoms with E-state index in [0.29, 0.717) is 12.6 Å². The van der Waals surface area contributed by atoms with E-state index in [1.807, 2.05) is 17.8 Å². The molecule has 118 valence electrons. The fourth-order valence-corrected chi connectivity index (χ4v) is 2.81. The Kier molecular flexibility index (Phi) is 6.26. The molecule has 1 unspecified atom stereocenters. The van der Waals surface area contributed by atoms with Gasteiger partial charge >= 0.3 is 0 Å². The van der Waals surface area contributed by atoms with Crippen molar-refractivity contribution >= 4 is 5.91 Å². The third-order valence-corrected chi connectivity index (χ3v) is 4.01. The number of amides is 1. The van der Waals surface area contributed by atoms with Gasteiger partial charge in [-0.05, 0) is 37.9 Å². The molecule has 1 atom stereocenters. The van der Waals surface area contributed by atoms with Gasteiger partial charge in [-0.2, -0.15) is 0 Å². The van der Waals surface area contributed by atoms with Crippen LogP contribution in [-0.2, 0) is 16.1 Å². The first-order valence-corrected chi connectivity index (χ1v) is 7.93. The Morgan fingerprint density at radius 1 is 1.48 bits per heavy atom. The molecule has 2 rings (SSSR count). The average molecular weight is 293 g/mol. The van der Waals surface area contributed by atoms with E-state index in [1.54, 1.807) is 0 Å². The van der Waals surface area contributed by atoms with Crippen LogP contribution >= 0.6 is 0 Å². The van der Waals surface area contributed by atoms with E-state index in [9.17, 15) is 4.79 Å². The molecule has 0 spiro atoms. The number of carbonyl (C=O) groups is 1. The zero-order chi connectivity index (χ0) is 15.1. The summed E-state index contributed by atoms with van der Waals surface area (Å²) in [6, 6.07) is 2.74. The highest BCUT2D eigenvalue weighted by Crippen LogP contribution is 2.18. The predicted octanol–water partition coefficient (Wildman–Crippen LogP) is 1.84. The zero-order valence-corrected chi connectivity index (χ0v) is 13.1. The van der Waals surface area contributed by atoms with E-state index >= 15 is 0 Å². The van der Waals surface area contributed by atoms with Crippen molar-refractivity contribution in [3.05, 3.63) is 24.0 Å². The predicted molar refractivity (Wildman–Crippen MR) is 83.1 cm³/mol. The van der Waals surface area contributed by atoms with E-state index in [2.05, 4.69) is 29.8 Å². The maximum absolute atomic E-state index is 12.1. The highest BCUT2D eigenvalue weighted by atomic mass is 16.5. The summed E-state index contributed by atoms with van der Waals surface area (Å²) in [5.41, 5.74) is 1.25. The molecule has 0 radical (unpaired) electrons. The van der Waals surface area contributed by atoms with Crippen LogP contribution in [0.1, 0.15) is 44.2 Å². The Hall–Kier alpha value is -1.33. The normalized spacial score (nSPS) is 17.6. The van der Waals surface area contributed by atoms with Crippen molar-refractivity contribution in [1.29, 1.82) is 0 Å². The molecule has 2 N–H and O–H groups in total. The number of ether oxygens (including phenoxy) is 1. The van der Waals surface area contributed by atoms with Crippen molar-refractivity contribution in [1.82, 2.24) is 15.2 Å². The van der Waals surface area contributed by atoms with Crippen LogP contribution in [0.15, 0.2) is 18.5 Å². The first-order chi connectivity index (χ1) is 10.2. The molecule has 2 heterocycles. The maximum Gasteiger partial charge on any atom is 0.240 e. The summed E-state index contributed by atoms with van der Waals surface area (Å²) in [5, 5.41) is 6.41. The summed E-state index contributed by atoms with van der Waals surface area (Å²) in [6.07, 6.45) is 8.14. The number of hydrogen-bond acceptors (Lipinski definition) is 3. The zero-order valence-electron chi connectivity index (χ0n) is 13.1. The molecule has 0 aliphatic carbocycles. The number of carbonyl (C=O) groups excluding carboxylic acids is 1. The highest BCUT2D eigenvalue weighted by Gasteiger charge is 2.16. The van der Waals surface area contributed by atoms with Gasteiger partial charge in [0.05, 0.1) is 0 Å². The van der Waals surface area contributed by atoms with Gasteiger partial charge < -0.3 is 19.9 Å². The van der Waals surface area contributed by atoms with Crippen molar-refractivity contribution in [2.24, 2.45) is 0 Å². The van der Waals surface area contributed by atoms with Crippen molar-refractivity contribution in [2.75, 3.05) is 20.3 Å². The molecule has 5 heteroatoms. The van der Waals surface area contributed by atoms with E-state index in [4.69, 9.17) is 4.74 Å². The Morgan fingerprint density at radius 2 is 2.24 bits per heavy atom. The summed E-state index contributed by atoms with van der Waals surface area (Å²) < 4.78 is 7.26. The minimum atomic E-state index is 0.0838. The molecule has 1 aliphatic heterocycles. The van der Waals surface area contributed by atoms with Crippen LogP contribution in [0, 0.1) is 0 Å². The van der Waals surface area contributed by atoms with E-state index in [0.717, 1.165) is 38.9 Å². The topological polar surface area (TPSA) is 55.3 Å². The Bertz CT molecular complexity index is 438. The third-order valence-electron chi connectivity index (χ3n) is 4.01. The van der Waals surface area contributed by atoms with Crippen LogP contribution in [0.2, 0.25) is 0 Å². The molecule has 1 aromatic rings. The second kappa shape index (κ2) is 8.20. The van der Waals surface area contributed by atoms with Crippen molar-refractivity contribution in [2.45, 2.75) is 51.2 Å². The van der Waals surface area contributed by atoms with Crippen LogP contribution in [0.25, 0.3) is 0 Å². The molecule has 1 fully saturated rings. The average Bonchev–Trinajstić information content (AvgIpc) is 2.93. The first kappa shape index (κ1) is 16.0. The third kappa shape index (κ3) is 4.86. The van der Waals surface area contributed by atoms with Crippen LogP contribution in [0.4, 0.5) is 0 Å². The summed E-state index contributed by atoms with van der Waals surface area (Å²) in [7, 11) is 1.98. The van der Waals surface area contributed by atoms with E-state index in [1.165, 1.54) is 5.56 Å². The first-order valence-electron chi connectivity index (χ1n) is 7.93. The second-order valence-corrected chi connectivity index (χ2v) is 5.70. The van der Waals surface area contributed by atoms with Crippen LogP contribution in [-0.4, -0.2) is 36.8 Å². The SMILES string of the molecule is CCCC(NC)c1ccn(CC(=O)NC2CCOCC2)c1. The molecule has 0 aromatic carbocycles. The molecule has 21 heavy (non-hydrogen) atoms. The quantitative estimate of drug-likeness (QED) is 0.806. The van der Waals surface area contributed by atoms with Gasteiger partial charge in [0.25, 0.3) is 0 Å². The lowest BCUT2D eigenvalue weighted by molar-refractivity contribution is -0.122. The molecular formula is C16H27N3O2. The van der Waals surface area contributed by atoms with Crippen molar-refractivity contribution in [3.63, 3.8) is 0 Å². The summed E-state index contributed by atoms with van der Waals surface area (Å²) in [4.78, 5) is 12.1. The minimum absolute atomic E-state index is 0.0838.